The summed E-state index contributed by atoms with van der Waals surface area (Å²) in [7, 11) is 0. The molecule has 0 aliphatic rings. The van der Waals surface area contributed by atoms with Crippen LogP contribution in [0, 0.1) is 0 Å². The zero-order chi connectivity index (χ0) is 6.97. The van der Waals surface area contributed by atoms with Crippen LogP contribution in [0.25, 0.3) is 11.2 Å². The van der Waals surface area contributed by atoms with Crippen molar-refractivity contribution in [2.45, 2.75) is 0 Å². The van der Waals surface area contributed by atoms with Gasteiger partial charge in [-0.05, 0) is 0 Å². The molecule has 3 N–H and O–H groups in total. The minimum Gasteiger partial charge on any atom is -0.484 e. The van der Waals surface area contributed by atoms with E-state index in [9.17, 15) is 0 Å². The Labute approximate surface area is 55.7 Å². The number of nitrogens with zero attached hydrogens (tertiary/aromatic N) is 2. The molecular formula is C5H5N4O+. The van der Waals surface area contributed by atoms with Gasteiger partial charge in [0, 0.05) is 5.10 Å². The fourth-order valence-corrected chi connectivity index (χ4v) is 0.803. The van der Waals surface area contributed by atoms with E-state index in [1.54, 1.807) is 0 Å². The molecule has 2 heterocycles. The SMILES string of the molecule is Oc1cc2nnc[nH+]c2[nH]1. The smallest absolute Gasteiger partial charge is 0.256 e. The summed E-state index contributed by atoms with van der Waals surface area (Å²) >= 11 is 0. The van der Waals surface area contributed by atoms with Gasteiger partial charge in [-0.25, -0.2) is 9.97 Å². The topological polar surface area (TPSA) is 75.9 Å². The zero-order valence-electron chi connectivity index (χ0n) is 5.00. The molecule has 0 aromatic carbocycles. The van der Waals surface area contributed by atoms with Gasteiger partial charge in [-0.2, -0.15) is 0 Å². The first-order valence-corrected chi connectivity index (χ1v) is 2.77. The summed E-state index contributed by atoms with van der Waals surface area (Å²) in [5, 5.41) is 16.2. The molecule has 5 heteroatoms. The van der Waals surface area contributed by atoms with Gasteiger partial charge in [-0.15, -0.1) is 0 Å². The molecule has 0 amide bonds. The second-order valence-electron chi connectivity index (χ2n) is 1.90. The number of aromatic nitrogens is 4. The highest BCUT2D eigenvalue weighted by molar-refractivity contribution is 5.68. The molecular weight excluding hydrogens is 132 g/mol. The molecule has 0 spiro atoms. The van der Waals surface area contributed by atoms with Crippen LogP contribution >= 0.6 is 0 Å². The van der Waals surface area contributed by atoms with Crippen LogP contribution in [0.3, 0.4) is 0 Å². The van der Waals surface area contributed by atoms with E-state index in [1.807, 2.05) is 0 Å². The quantitative estimate of drug-likeness (QED) is 0.512. The van der Waals surface area contributed by atoms with Crippen LogP contribution in [0.5, 0.6) is 5.88 Å². The number of hydrogen-bond acceptors (Lipinski definition) is 3. The maximum atomic E-state index is 8.91. The Kier molecular flexibility index (Phi) is 0.858. The maximum Gasteiger partial charge on any atom is 0.256 e. The Hall–Kier alpha value is -1.65. The average Bonchev–Trinajstić information content (AvgIpc) is 2.27. The predicted octanol–water partition coefficient (Wildman–Crippen LogP) is -0.522. The third-order valence-corrected chi connectivity index (χ3v) is 1.21. The summed E-state index contributed by atoms with van der Waals surface area (Å²) in [6.45, 7) is 0. The predicted molar refractivity (Wildman–Crippen MR) is 32.1 cm³/mol. The van der Waals surface area contributed by atoms with Gasteiger partial charge in [-0.1, -0.05) is 5.10 Å². The van der Waals surface area contributed by atoms with Crippen molar-refractivity contribution in [3.05, 3.63) is 12.4 Å². The lowest BCUT2D eigenvalue weighted by Gasteiger charge is -1.74. The van der Waals surface area contributed by atoms with Gasteiger partial charge in [0.15, 0.2) is 5.52 Å². The molecule has 0 fully saturated rings. The lowest BCUT2D eigenvalue weighted by Crippen LogP contribution is -2.04. The Morgan fingerprint density at radius 3 is 3.30 bits per heavy atom. The summed E-state index contributed by atoms with van der Waals surface area (Å²) in [4.78, 5) is 5.44. The number of H-pyrrole nitrogens is 2. The van der Waals surface area contributed by atoms with Gasteiger partial charge in [-0.3, -0.25) is 0 Å². The average molecular weight is 137 g/mol. The molecule has 2 rings (SSSR count). The molecule has 0 aliphatic heterocycles. The Bertz CT molecular complexity index is 322. The second kappa shape index (κ2) is 1.66. The molecule has 0 unspecified atom stereocenters. The first kappa shape index (κ1) is 5.16. The van der Waals surface area contributed by atoms with Gasteiger partial charge >= 0.3 is 0 Å². The van der Waals surface area contributed by atoms with E-state index in [-0.39, 0.29) is 5.88 Å². The van der Waals surface area contributed by atoms with Crippen LogP contribution in [0.15, 0.2) is 12.4 Å². The highest BCUT2D eigenvalue weighted by atomic mass is 16.3. The van der Waals surface area contributed by atoms with Crippen molar-refractivity contribution in [1.29, 1.82) is 0 Å². The van der Waals surface area contributed by atoms with E-state index in [2.05, 4.69) is 20.2 Å². The zero-order valence-corrected chi connectivity index (χ0v) is 5.00. The lowest BCUT2D eigenvalue weighted by molar-refractivity contribution is -0.353. The normalized spacial score (nSPS) is 10.4. The van der Waals surface area contributed by atoms with Crippen molar-refractivity contribution >= 4 is 11.2 Å². The van der Waals surface area contributed by atoms with E-state index < -0.39 is 0 Å². The number of rotatable bonds is 0. The molecule has 10 heavy (non-hydrogen) atoms. The number of nitrogens with one attached hydrogen (secondary N) is 2. The summed E-state index contributed by atoms with van der Waals surface area (Å²) in [5.74, 6) is 0.0896. The molecule has 2 aromatic heterocycles. The van der Waals surface area contributed by atoms with E-state index in [0.29, 0.717) is 11.2 Å². The van der Waals surface area contributed by atoms with Crippen LogP contribution in [-0.4, -0.2) is 20.3 Å². The number of fused-ring (bicyclic) bond motifs is 1. The minimum atomic E-state index is 0.0896. The van der Waals surface area contributed by atoms with Gasteiger partial charge in [0.25, 0.3) is 11.5 Å². The molecule has 0 saturated carbocycles. The van der Waals surface area contributed by atoms with Crippen molar-refractivity contribution in [2.75, 3.05) is 0 Å². The molecule has 2 aromatic rings. The Balaban J connectivity index is 2.88. The second-order valence-corrected chi connectivity index (χ2v) is 1.90. The first-order valence-electron chi connectivity index (χ1n) is 2.77. The van der Waals surface area contributed by atoms with Crippen LogP contribution in [0.1, 0.15) is 0 Å². The minimum absolute atomic E-state index is 0.0896. The van der Waals surface area contributed by atoms with Crippen LogP contribution in [0.4, 0.5) is 0 Å². The summed E-state index contributed by atoms with van der Waals surface area (Å²) < 4.78 is 0. The largest absolute Gasteiger partial charge is 0.484 e. The molecule has 0 saturated heterocycles. The fourth-order valence-electron chi connectivity index (χ4n) is 0.803. The number of aromatic hydroxyl groups is 1. The third-order valence-electron chi connectivity index (χ3n) is 1.21. The molecule has 0 aliphatic carbocycles. The molecule has 50 valence electrons. The fraction of sp³-hybridized carbons (Fsp3) is 0. The highest BCUT2D eigenvalue weighted by Crippen LogP contribution is 2.10. The molecule has 0 bridgehead atoms. The molecule has 0 radical (unpaired) electrons. The van der Waals surface area contributed by atoms with Crippen LogP contribution < -0.4 is 4.98 Å². The maximum absolute atomic E-state index is 8.91. The standard InChI is InChI=1S/C5H4N4O/c10-4-1-3-5(8-4)6-2-7-9-3/h1-2,10H,(H,6,7,8)/p+1. The van der Waals surface area contributed by atoms with E-state index >= 15 is 0 Å². The number of aromatic amines is 2. The van der Waals surface area contributed by atoms with Gasteiger partial charge in [0.05, 0.1) is 6.07 Å². The molecule has 5 nitrogen and oxygen atoms in total. The summed E-state index contributed by atoms with van der Waals surface area (Å²) in [6, 6.07) is 1.50. The number of hydrogen-bond donors (Lipinski definition) is 2. The van der Waals surface area contributed by atoms with Crippen molar-refractivity contribution in [1.82, 2.24) is 15.2 Å². The monoisotopic (exact) mass is 137 g/mol. The van der Waals surface area contributed by atoms with E-state index in [4.69, 9.17) is 5.11 Å². The summed E-state index contributed by atoms with van der Waals surface area (Å²) in [5.41, 5.74) is 1.30. The highest BCUT2D eigenvalue weighted by Gasteiger charge is 2.04. The van der Waals surface area contributed by atoms with Crippen molar-refractivity contribution in [3.63, 3.8) is 0 Å². The summed E-state index contributed by atoms with van der Waals surface area (Å²) in [6.07, 6.45) is 1.44. The third kappa shape index (κ3) is 0.604. The van der Waals surface area contributed by atoms with Crippen LogP contribution in [-0.2, 0) is 0 Å². The Morgan fingerprint density at radius 2 is 2.50 bits per heavy atom. The lowest BCUT2D eigenvalue weighted by atomic mass is 10.5. The van der Waals surface area contributed by atoms with Gasteiger partial charge in [0.1, 0.15) is 0 Å². The van der Waals surface area contributed by atoms with Gasteiger partial charge < -0.3 is 5.11 Å². The van der Waals surface area contributed by atoms with Crippen molar-refractivity contribution in [3.8, 4) is 5.88 Å². The van der Waals surface area contributed by atoms with E-state index in [0.717, 1.165) is 0 Å². The van der Waals surface area contributed by atoms with Gasteiger partial charge in [0.2, 0.25) is 6.33 Å². The molecule has 0 atom stereocenters. The van der Waals surface area contributed by atoms with E-state index in [1.165, 1.54) is 12.4 Å². The first-order chi connectivity index (χ1) is 4.86. The van der Waals surface area contributed by atoms with Crippen LogP contribution in [0.2, 0.25) is 0 Å². The van der Waals surface area contributed by atoms with Crippen molar-refractivity contribution in [2.24, 2.45) is 0 Å². The Morgan fingerprint density at radius 1 is 1.60 bits per heavy atom. The van der Waals surface area contributed by atoms with Crippen molar-refractivity contribution < 1.29 is 10.1 Å².